The molecule has 7 heteroatoms. The minimum absolute atomic E-state index is 0.146. The summed E-state index contributed by atoms with van der Waals surface area (Å²) in [4.78, 5) is 12.7. The largest absolute Gasteiger partial charge is 0.485 e. The highest BCUT2D eigenvalue weighted by molar-refractivity contribution is 6.30. The van der Waals surface area contributed by atoms with Crippen LogP contribution < -0.4 is 14.8 Å². The number of aromatic nitrogens is 2. The van der Waals surface area contributed by atoms with Crippen molar-refractivity contribution in [3.8, 4) is 17.2 Å². The van der Waals surface area contributed by atoms with Crippen molar-refractivity contribution in [1.29, 1.82) is 0 Å². The summed E-state index contributed by atoms with van der Waals surface area (Å²) in [5.41, 5.74) is 1.53. The highest BCUT2D eigenvalue weighted by atomic mass is 35.5. The van der Waals surface area contributed by atoms with E-state index in [2.05, 4.69) is 10.4 Å². The van der Waals surface area contributed by atoms with Crippen molar-refractivity contribution in [3.05, 3.63) is 65.3 Å². The van der Waals surface area contributed by atoms with Gasteiger partial charge >= 0.3 is 0 Å². The standard InChI is InChI=1S/C19H16ClN3O3/c1-12-9-18(23(22-12)14-6-4-5-13(20)10-14)21-19(24)17-11-25-15-7-2-3-8-16(15)26-17/h2-10,17H,11H2,1H3,(H,21,24). The van der Waals surface area contributed by atoms with Gasteiger partial charge in [0, 0.05) is 11.1 Å². The Labute approximate surface area is 155 Å². The molecule has 0 spiro atoms. The highest BCUT2D eigenvalue weighted by Crippen LogP contribution is 2.31. The average Bonchev–Trinajstić information content (AvgIpc) is 3.01. The molecule has 3 aromatic rings. The number of rotatable bonds is 3. The summed E-state index contributed by atoms with van der Waals surface area (Å²) < 4.78 is 13.0. The third-order valence-electron chi connectivity index (χ3n) is 3.94. The van der Waals surface area contributed by atoms with Gasteiger partial charge in [0.15, 0.2) is 11.5 Å². The fourth-order valence-electron chi connectivity index (χ4n) is 2.75. The molecule has 0 aliphatic carbocycles. The number of nitrogens with one attached hydrogen (secondary N) is 1. The summed E-state index contributed by atoms with van der Waals surface area (Å²) in [5, 5.41) is 7.88. The number of carbonyl (C=O) groups is 1. The van der Waals surface area contributed by atoms with Gasteiger partial charge in [-0.1, -0.05) is 29.8 Å². The van der Waals surface area contributed by atoms with Crippen molar-refractivity contribution >= 4 is 23.3 Å². The van der Waals surface area contributed by atoms with Crippen molar-refractivity contribution in [1.82, 2.24) is 9.78 Å². The number of aryl methyl sites for hydroxylation is 1. The van der Waals surface area contributed by atoms with Crippen molar-refractivity contribution in [2.45, 2.75) is 13.0 Å². The van der Waals surface area contributed by atoms with Gasteiger partial charge in [-0.3, -0.25) is 4.79 Å². The molecule has 0 radical (unpaired) electrons. The molecule has 1 aromatic heterocycles. The van der Waals surface area contributed by atoms with E-state index in [-0.39, 0.29) is 12.5 Å². The number of hydrogen-bond donors (Lipinski definition) is 1. The minimum Gasteiger partial charge on any atom is -0.485 e. The van der Waals surface area contributed by atoms with Gasteiger partial charge in [-0.15, -0.1) is 0 Å². The number of anilines is 1. The van der Waals surface area contributed by atoms with Crippen molar-refractivity contribution in [3.63, 3.8) is 0 Å². The van der Waals surface area contributed by atoms with E-state index >= 15 is 0 Å². The predicted octanol–water partition coefficient (Wildman–Crippen LogP) is 3.61. The highest BCUT2D eigenvalue weighted by Gasteiger charge is 2.28. The molecule has 0 saturated carbocycles. The van der Waals surface area contributed by atoms with Crippen molar-refractivity contribution in [2.75, 3.05) is 11.9 Å². The van der Waals surface area contributed by atoms with Crippen LogP contribution >= 0.6 is 11.6 Å². The Bertz CT molecular complexity index is 970. The van der Waals surface area contributed by atoms with E-state index in [0.717, 1.165) is 11.4 Å². The van der Waals surface area contributed by atoms with Crippen LogP contribution in [0.25, 0.3) is 5.69 Å². The summed E-state index contributed by atoms with van der Waals surface area (Å²) in [6, 6.07) is 16.3. The van der Waals surface area contributed by atoms with Crippen LogP contribution in [0.1, 0.15) is 5.69 Å². The Hall–Kier alpha value is -2.99. The zero-order valence-corrected chi connectivity index (χ0v) is 14.7. The lowest BCUT2D eigenvalue weighted by Gasteiger charge is -2.25. The second-order valence-electron chi connectivity index (χ2n) is 5.92. The van der Waals surface area contributed by atoms with Gasteiger partial charge in [0.25, 0.3) is 5.91 Å². The molecule has 4 rings (SSSR count). The predicted molar refractivity (Wildman–Crippen MR) is 98.3 cm³/mol. The monoisotopic (exact) mass is 369 g/mol. The fraction of sp³-hybridized carbons (Fsp3) is 0.158. The first kappa shape index (κ1) is 16.5. The summed E-state index contributed by atoms with van der Waals surface area (Å²) in [7, 11) is 0. The number of fused-ring (bicyclic) bond motifs is 1. The Morgan fingerprint density at radius 1 is 1.19 bits per heavy atom. The Morgan fingerprint density at radius 3 is 2.81 bits per heavy atom. The second-order valence-corrected chi connectivity index (χ2v) is 6.35. The number of hydrogen-bond acceptors (Lipinski definition) is 4. The number of amides is 1. The quantitative estimate of drug-likeness (QED) is 0.766. The zero-order valence-electron chi connectivity index (χ0n) is 14.0. The van der Waals surface area contributed by atoms with Gasteiger partial charge < -0.3 is 14.8 Å². The Morgan fingerprint density at radius 2 is 2.00 bits per heavy atom. The molecule has 6 nitrogen and oxygen atoms in total. The SMILES string of the molecule is Cc1cc(NC(=O)C2COc3ccccc3O2)n(-c2cccc(Cl)c2)n1. The van der Waals surface area contributed by atoms with Crippen molar-refractivity contribution in [2.24, 2.45) is 0 Å². The molecule has 1 aliphatic rings. The zero-order chi connectivity index (χ0) is 18.1. The van der Waals surface area contributed by atoms with E-state index in [0.29, 0.717) is 22.3 Å². The summed E-state index contributed by atoms with van der Waals surface area (Å²) in [6.45, 7) is 2.00. The summed E-state index contributed by atoms with van der Waals surface area (Å²) in [6.07, 6.45) is -0.743. The van der Waals surface area contributed by atoms with Gasteiger partial charge in [-0.25, -0.2) is 4.68 Å². The van der Waals surface area contributed by atoms with Crippen LogP contribution in [-0.4, -0.2) is 28.4 Å². The maximum atomic E-state index is 12.7. The van der Waals surface area contributed by atoms with Gasteiger partial charge in [0.1, 0.15) is 12.4 Å². The number of carbonyl (C=O) groups excluding carboxylic acids is 1. The second kappa shape index (κ2) is 6.72. The first-order chi connectivity index (χ1) is 12.6. The topological polar surface area (TPSA) is 65.4 Å². The van der Waals surface area contributed by atoms with Crippen LogP contribution in [0.4, 0.5) is 5.82 Å². The molecule has 0 saturated heterocycles. The summed E-state index contributed by atoms with van der Waals surface area (Å²) >= 11 is 6.06. The maximum absolute atomic E-state index is 12.7. The minimum atomic E-state index is -0.743. The van der Waals surface area contributed by atoms with Gasteiger partial charge in [-0.2, -0.15) is 5.10 Å². The van der Waals surface area contributed by atoms with Crippen LogP contribution in [0.15, 0.2) is 54.6 Å². The number of para-hydroxylation sites is 2. The molecule has 1 atom stereocenters. The molecule has 1 unspecified atom stereocenters. The molecule has 0 fully saturated rings. The first-order valence-electron chi connectivity index (χ1n) is 8.12. The molecule has 26 heavy (non-hydrogen) atoms. The molecule has 2 heterocycles. The van der Waals surface area contributed by atoms with E-state index < -0.39 is 6.10 Å². The van der Waals surface area contributed by atoms with E-state index in [1.54, 1.807) is 35.0 Å². The van der Waals surface area contributed by atoms with Crippen LogP contribution in [-0.2, 0) is 4.79 Å². The van der Waals surface area contributed by atoms with Crippen LogP contribution in [0.5, 0.6) is 11.5 Å². The van der Waals surface area contributed by atoms with Crippen molar-refractivity contribution < 1.29 is 14.3 Å². The normalized spacial score (nSPS) is 15.5. The lowest BCUT2D eigenvalue weighted by Crippen LogP contribution is -2.40. The molecular formula is C19H16ClN3O3. The number of benzene rings is 2. The van der Waals surface area contributed by atoms with E-state index in [9.17, 15) is 4.79 Å². The van der Waals surface area contributed by atoms with Crippen LogP contribution in [0.3, 0.4) is 0 Å². The molecule has 1 N–H and O–H groups in total. The average molecular weight is 370 g/mol. The van der Waals surface area contributed by atoms with Crippen LogP contribution in [0, 0.1) is 6.92 Å². The molecule has 0 bridgehead atoms. The molecule has 2 aromatic carbocycles. The number of ether oxygens (including phenoxy) is 2. The maximum Gasteiger partial charge on any atom is 0.270 e. The molecule has 1 amide bonds. The van der Waals surface area contributed by atoms with E-state index in [4.69, 9.17) is 21.1 Å². The fourth-order valence-corrected chi connectivity index (χ4v) is 2.93. The lowest BCUT2D eigenvalue weighted by atomic mass is 10.2. The van der Waals surface area contributed by atoms with E-state index in [1.165, 1.54) is 0 Å². The van der Waals surface area contributed by atoms with E-state index in [1.807, 2.05) is 31.2 Å². The van der Waals surface area contributed by atoms with Gasteiger partial charge in [-0.05, 0) is 37.3 Å². The molecule has 132 valence electrons. The van der Waals surface area contributed by atoms with Gasteiger partial charge in [0.2, 0.25) is 6.10 Å². The smallest absolute Gasteiger partial charge is 0.270 e. The third kappa shape index (κ3) is 3.23. The summed E-state index contributed by atoms with van der Waals surface area (Å²) in [5.74, 6) is 1.43. The van der Waals surface area contributed by atoms with Gasteiger partial charge in [0.05, 0.1) is 11.4 Å². The Kier molecular flexibility index (Phi) is 4.26. The first-order valence-corrected chi connectivity index (χ1v) is 8.50. The number of nitrogens with zero attached hydrogens (tertiary/aromatic N) is 2. The number of halogens is 1. The third-order valence-corrected chi connectivity index (χ3v) is 4.17. The molecule has 1 aliphatic heterocycles. The molecular weight excluding hydrogens is 354 g/mol. The lowest BCUT2D eigenvalue weighted by molar-refractivity contribution is -0.125. The Balaban J connectivity index is 1.56. The van der Waals surface area contributed by atoms with Crippen LogP contribution in [0.2, 0.25) is 5.02 Å².